The lowest BCUT2D eigenvalue weighted by Gasteiger charge is -2.05. The molecule has 0 radical (unpaired) electrons. The van der Waals surface area contributed by atoms with Crippen molar-refractivity contribution >= 4 is 16.9 Å². The summed E-state index contributed by atoms with van der Waals surface area (Å²) in [5, 5.41) is 10.1. The van der Waals surface area contributed by atoms with Crippen molar-refractivity contribution in [1.29, 1.82) is 0 Å². The SMILES string of the molecule is CCCCCCCCn1cc(CC(=O)O)c2ccccc21. The maximum absolute atomic E-state index is 11.0. The Balaban J connectivity index is 2.00. The molecule has 0 aliphatic carbocycles. The van der Waals surface area contributed by atoms with E-state index in [0.717, 1.165) is 29.4 Å². The fourth-order valence-electron chi connectivity index (χ4n) is 2.87. The third-order valence-electron chi connectivity index (χ3n) is 3.97. The van der Waals surface area contributed by atoms with Gasteiger partial charge < -0.3 is 9.67 Å². The predicted molar refractivity (Wildman–Crippen MR) is 86.7 cm³/mol. The fourth-order valence-corrected chi connectivity index (χ4v) is 2.87. The zero-order chi connectivity index (χ0) is 15.1. The monoisotopic (exact) mass is 287 g/mol. The van der Waals surface area contributed by atoms with Gasteiger partial charge in [-0.15, -0.1) is 0 Å². The van der Waals surface area contributed by atoms with Crippen LogP contribution in [0.1, 0.15) is 51.0 Å². The van der Waals surface area contributed by atoms with Crippen molar-refractivity contribution in [3.8, 4) is 0 Å². The molecule has 0 saturated heterocycles. The Labute approximate surface area is 126 Å². The van der Waals surface area contributed by atoms with E-state index in [1.165, 1.54) is 32.1 Å². The van der Waals surface area contributed by atoms with Crippen LogP contribution in [-0.4, -0.2) is 15.6 Å². The number of hydrogen-bond acceptors (Lipinski definition) is 1. The van der Waals surface area contributed by atoms with E-state index in [2.05, 4.69) is 17.6 Å². The first-order valence-electron chi connectivity index (χ1n) is 8.01. The number of hydrogen-bond donors (Lipinski definition) is 1. The molecule has 0 aliphatic heterocycles. The molecule has 114 valence electrons. The number of unbranched alkanes of at least 4 members (excludes halogenated alkanes) is 5. The zero-order valence-corrected chi connectivity index (χ0v) is 12.8. The van der Waals surface area contributed by atoms with Gasteiger partial charge in [0.25, 0.3) is 0 Å². The minimum atomic E-state index is -0.766. The summed E-state index contributed by atoms with van der Waals surface area (Å²) >= 11 is 0. The summed E-state index contributed by atoms with van der Waals surface area (Å²) in [5.41, 5.74) is 2.08. The molecule has 1 N–H and O–H groups in total. The van der Waals surface area contributed by atoms with Crippen molar-refractivity contribution in [2.75, 3.05) is 0 Å². The van der Waals surface area contributed by atoms with Gasteiger partial charge in [0.1, 0.15) is 0 Å². The molecule has 0 fully saturated rings. The number of para-hydroxylation sites is 1. The molecule has 0 aliphatic rings. The van der Waals surface area contributed by atoms with Gasteiger partial charge >= 0.3 is 5.97 Å². The smallest absolute Gasteiger partial charge is 0.307 e. The van der Waals surface area contributed by atoms with Crippen LogP contribution in [0, 0.1) is 0 Å². The van der Waals surface area contributed by atoms with E-state index in [4.69, 9.17) is 5.11 Å². The van der Waals surface area contributed by atoms with E-state index in [0.29, 0.717) is 0 Å². The second-order valence-corrected chi connectivity index (χ2v) is 5.70. The van der Waals surface area contributed by atoms with E-state index in [1.807, 2.05) is 24.4 Å². The van der Waals surface area contributed by atoms with Crippen LogP contribution >= 0.6 is 0 Å². The molecule has 0 saturated carbocycles. The average molecular weight is 287 g/mol. The highest BCUT2D eigenvalue weighted by Gasteiger charge is 2.10. The Morgan fingerprint density at radius 2 is 1.81 bits per heavy atom. The lowest BCUT2D eigenvalue weighted by Crippen LogP contribution is -1.99. The summed E-state index contributed by atoms with van der Waals surface area (Å²) in [6.07, 6.45) is 9.77. The molecule has 3 nitrogen and oxygen atoms in total. The molecule has 0 spiro atoms. The van der Waals surface area contributed by atoms with Crippen molar-refractivity contribution in [1.82, 2.24) is 4.57 Å². The Morgan fingerprint density at radius 3 is 2.57 bits per heavy atom. The van der Waals surface area contributed by atoms with E-state index < -0.39 is 5.97 Å². The van der Waals surface area contributed by atoms with Gasteiger partial charge in [-0.05, 0) is 18.1 Å². The summed E-state index contributed by atoms with van der Waals surface area (Å²) in [4.78, 5) is 11.0. The van der Waals surface area contributed by atoms with Crippen LogP contribution < -0.4 is 0 Å². The minimum Gasteiger partial charge on any atom is -0.481 e. The predicted octanol–water partition coefficient (Wildman–Crippen LogP) is 4.63. The minimum absolute atomic E-state index is 0.101. The lowest BCUT2D eigenvalue weighted by molar-refractivity contribution is -0.136. The number of carboxylic acids is 1. The maximum Gasteiger partial charge on any atom is 0.307 e. The molecule has 3 heteroatoms. The molecule has 1 aromatic heterocycles. The molecule has 0 bridgehead atoms. The van der Waals surface area contributed by atoms with E-state index in [1.54, 1.807) is 0 Å². The second-order valence-electron chi connectivity index (χ2n) is 5.70. The number of fused-ring (bicyclic) bond motifs is 1. The summed E-state index contributed by atoms with van der Waals surface area (Å²) in [6, 6.07) is 8.09. The highest BCUT2D eigenvalue weighted by molar-refractivity contribution is 5.87. The molecule has 0 atom stereocenters. The van der Waals surface area contributed by atoms with Crippen molar-refractivity contribution in [2.24, 2.45) is 0 Å². The van der Waals surface area contributed by atoms with Crippen LogP contribution in [0.4, 0.5) is 0 Å². The molecule has 0 amide bonds. The van der Waals surface area contributed by atoms with Crippen LogP contribution in [-0.2, 0) is 17.8 Å². The van der Waals surface area contributed by atoms with Crippen molar-refractivity contribution in [2.45, 2.75) is 58.4 Å². The summed E-state index contributed by atoms with van der Waals surface area (Å²) in [6.45, 7) is 3.21. The van der Waals surface area contributed by atoms with Gasteiger partial charge in [-0.2, -0.15) is 0 Å². The van der Waals surface area contributed by atoms with Crippen molar-refractivity contribution in [3.63, 3.8) is 0 Å². The van der Waals surface area contributed by atoms with Gasteiger partial charge in [-0.3, -0.25) is 4.79 Å². The standard InChI is InChI=1S/C18H25NO2/c1-2-3-4-5-6-9-12-19-14-15(13-18(20)21)16-10-7-8-11-17(16)19/h7-8,10-11,14H,2-6,9,12-13H2,1H3,(H,20,21). The van der Waals surface area contributed by atoms with Crippen LogP contribution in [0.15, 0.2) is 30.5 Å². The summed E-state index contributed by atoms with van der Waals surface area (Å²) < 4.78 is 2.22. The molecule has 1 aromatic carbocycles. The number of aliphatic carboxylic acids is 1. The summed E-state index contributed by atoms with van der Waals surface area (Å²) in [5.74, 6) is -0.766. The van der Waals surface area contributed by atoms with Gasteiger partial charge in [0.05, 0.1) is 6.42 Å². The molecule has 0 unspecified atom stereocenters. The first-order chi connectivity index (χ1) is 10.2. The highest BCUT2D eigenvalue weighted by Crippen LogP contribution is 2.22. The topological polar surface area (TPSA) is 42.2 Å². The van der Waals surface area contributed by atoms with Gasteiger partial charge in [0.15, 0.2) is 0 Å². The van der Waals surface area contributed by atoms with Crippen LogP contribution in [0.25, 0.3) is 10.9 Å². The normalized spacial score (nSPS) is 11.1. The number of aromatic nitrogens is 1. The molecule has 1 heterocycles. The highest BCUT2D eigenvalue weighted by atomic mass is 16.4. The number of carboxylic acid groups (broad SMARTS) is 1. The first-order valence-corrected chi connectivity index (χ1v) is 8.01. The van der Waals surface area contributed by atoms with E-state index in [9.17, 15) is 4.79 Å². The molecule has 21 heavy (non-hydrogen) atoms. The third kappa shape index (κ3) is 4.35. The average Bonchev–Trinajstić information content (AvgIpc) is 2.81. The summed E-state index contributed by atoms with van der Waals surface area (Å²) in [7, 11) is 0. The Kier molecular flexibility index (Phi) is 5.85. The van der Waals surface area contributed by atoms with Crippen LogP contribution in [0.2, 0.25) is 0 Å². The number of rotatable bonds is 9. The number of aryl methyl sites for hydroxylation is 1. The molecule has 2 aromatic rings. The Morgan fingerprint density at radius 1 is 1.10 bits per heavy atom. The van der Waals surface area contributed by atoms with Gasteiger partial charge in [0.2, 0.25) is 0 Å². The lowest BCUT2D eigenvalue weighted by atomic mass is 10.1. The fraction of sp³-hybridized carbons (Fsp3) is 0.500. The Bertz CT molecular complexity index is 586. The quantitative estimate of drug-likeness (QED) is 0.683. The second kappa shape index (κ2) is 7.87. The molecule has 2 rings (SSSR count). The maximum atomic E-state index is 11.0. The van der Waals surface area contributed by atoms with Gasteiger partial charge in [-0.1, -0.05) is 57.2 Å². The van der Waals surface area contributed by atoms with Crippen LogP contribution in [0.5, 0.6) is 0 Å². The number of carbonyl (C=O) groups is 1. The van der Waals surface area contributed by atoms with Gasteiger partial charge in [0, 0.05) is 23.6 Å². The third-order valence-corrected chi connectivity index (χ3v) is 3.97. The van der Waals surface area contributed by atoms with Crippen molar-refractivity contribution in [3.05, 3.63) is 36.0 Å². The Hall–Kier alpha value is -1.77. The molecular weight excluding hydrogens is 262 g/mol. The van der Waals surface area contributed by atoms with Gasteiger partial charge in [-0.25, -0.2) is 0 Å². The van der Waals surface area contributed by atoms with Crippen molar-refractivity contribution < 1.29 is 9.90 Å². The van der Waals surface area contributed by atoms with E-state index in [-0.39, 0.29) is 6.42 Å². The largest absolute Gasteiger partial charge is 0.481 e. The van der Waals surface area contributed by atoms with Crippen LogP contribution in [0.3, 0.4) is 0 Å². The zero-order valence-electron chi connectivity index (χ0n) is 12.8. The molecular formula is C18H25NO2. The van der Waals surface area contributed by atoms with E-state index >= 15 is 0 Å². The number of nitrogens with zero attached hydrogens (tertiary/aromatic N) is 1. The number of benzene rings is 1. The first kappa shape index (κ1) is 15.6.